The molecule has 4 amide bonds. The highest BCUT2D eigenvalue weighted by Crippen LogP contribution is 2.20. The van der Waals surface area contributed by atoms with E-state index in [-0.39, 0.29) is 25.7 Å². The van der Waals surface area contributed by atoms with E-state index in [9.17, 15) is 34.2 Å². The molecule has 11 N–H and O–H groups in total. The number of carboxylic acid groups (broad SMARTS) is 1. The molecule has 0 fully saturated rings. The van der Waals surface area contributed by atoms with Gasteiger partial charge in [-0.1, -0.05) is 36.4 Å². The molecule has 2 aromatic heterocycles. The van der Waals surface area contributed by atoms with Crippen LogP contribution in [0.4, 0.5) is 0 Å². The van der Waals surface area contributed by atoms with Crippen molar-refractivity contribution in [1.82, 2.24) is 25.9 Å². The predicted molar refractivity (Wildman–Crippen MR) is 161 cm³/mol. The molecule has 0 spiro atoms. The summed E-state index contributed by atoms with van der Waals surface area (Å²) in [5, 5.41) is 28.8. The Morgan fingerprint density at radius 2 is 1.20 bits per heavy atom. The Labute approximate surface area is 251 Å². The molecular formula is C30H35N7O7. The van der Waals surface area contributed by atoms with Crippen LogP contribution >= 0.6 is 0 Å². The Bertz CT molecular complexity index is 1660. The Hall–Kier alpha value is -5.21. The van der Waals surface area contributed by atoms with Crippen LogP contribution in [0.2, 0.25) is 0 Å². The standard InChI is InChI=1S/C30H35N7O7/c31-20(9-10-26(32)39)27(40)35-23(11-16-13-33-21-7-3-1-5-18(16)21)28(41)37-25(15-38)29(42)36-24(30(43)44)12-17-14-34-22-8-4-2-6-19(17)22/h1-8,13-14,20,23-25,33-34,38H,9-12,15,31H2,(H2,32,39)(H,35,40)(H,36,42)(H,37,41)(H,43,44)/t20-,23-,24-,25-/m0/s1. The minimum atomic E-state index is -1.53. The molecule has 0 aliphatic heterocycles. The van der Waals surface area contributed by atoms with E-state index in [1.165, 1.54) is 0 Å². The maximum absolute atomic E-state index is 13.5. The lowest BCUT2D eigenvalue weighted by molar-refractivity contribution is -0.142. The molecule has 232 valence electrons. The summed E-state index contributed by atoms with van der Waals surface area (Å²) < 4.78 is 0. The molecule has 0 radical (unpaired) electrons. The lowest BCUT2D eigenvalue weighted by Gasteiger charge is -2.24. The smallest absolute Gasteiger partial charge is 0.326 e. The lowest BCUT2D eigenvalue weighted by atomic mass is 10.0. The molecule has 2 aromatic carbocycles. The monoisotopic (exact) mass is 605 g/mol. The van der Waals surface area contributed by atoms with Gasteiger partial charge in [-0.2, -0.15) is 0 Å². The molecule has 2 heterocycles. The predicted octanol–water partition coefficient (Wildman–Crippen LogP) is -0.441. The number of carbonyl (C=O) groups excluding carboxylic acids is 4. The fourth-order valence-corrected chi connectivity index (χ4v) is 4.90. The average Bonchev–Trinajstić information content (AvgIpc) is 3.61. The molecule has 0 unspecified atom stereocenters. The van der Waals surface area contributed by atoms with E-state index in [1.807, 2.05) is 42.5 Å². The summed E-state index contributed by atoms with van der Waals surface area (Å²) in [7, 11) is 0. The molecule has 0 bridgehead atoms. The van der Waals surface area contributed by atoms with Crippen molar-refractivity contribution >= 4 is 51.4 Å². The van der Waals surface area contributed by atoms with Crippen LogP contribution in [0.25, 0.3) is 21.8 Å². The number of benzene rings is 2. The van der Waals surface area contributed by atoms with E-state index in [0.29, 0.717) is 11.1 Å². The van der Waals surface area contributed by atoms with Crippen LogP contribution in [0.5, 0.6) is 0 Å². The van der Waals surface area contributed by atoms with Crippen molar-refractivity contribution in [3.63, 3.8) is 0 Å². The minimum absolute atomic E-state index is 0.0117. The second-order valence-electron chi connectivity index (χ2n) is 10.4. The highest BCUT2D eigenvalue weighted by molar-refractivity contribution is 5.95. The summed E-state index contributed by atoms with van der Waals surface area (Å²) in [4.78, 5) is 68.7. The van der Waals surface area contributed by atoms with E-state index < -0.39 is 60.4 Å². The van der Waals surface area contributed by atoms with Crippen LogP contribution in [0.3, 0.4) is 0 Å². The number of aromatic amines is 2. The molecule has 14 nitrogen and oxygen atoms in total. The molecular weight excluding hydrogens is 570 g/mol. The van der Waals surface area contributed by atoms with Gasteiger partial charge in [0.25, 0.3) is 0 Å². The number of nitrogens with one attached hydrogen (secondary N) is 5. The highest BCUT2D eigenvalue weighted by atomic mass is 16.4. The number of carboxylic acids is 1. The van der Waals surface area contributed by atoms with Crippen LogP contribution in [-0.2, 0) is 36.8 Å². The second-order valence-corrected chi connectivity index (χ2v) is 10.4. The molecule has 4 atom stereocenters. The Balaban J connectivity index is 1.49. The number of aromatic nitrogens is 2. The van der Waals surface area contributed by atoms with Crippen molar-refractivity contribution in [2.24, 2.45) is 11.5 Å². The van der Waals surface area contributed by atoms with Crippen LogP contribution in [-0.4, -0.2) is 80.6 Å². The van der Waals surface area contributed by atoms with Crippen LogP contribution in [0.1, 0.15) is 24.0 Å². The molecule has 0 aliphatic rings. The average molecular weight is 606 g/mol. The molecule has 44 heavy (non-hydrogen) atoms. The molecule has 4 rings (SSSR count). The third-order valence-electron chi connectivity index (χ3n) is 7.30. The van der Waals surface area contributed by atoms with Crippen molar-refractivity contribution in [3.05, 3.63) is 72.1 Å². The van der Waals surface area contributed by atoms with Gasteiger partial charge < -0.3 is 47.6 Å². The number of rotatable bonds is 15. The quantitative estimate of drug-likeness (QED) is 0.0857. The van der Waals surface area contributed by atoms with Crippen LogP contribution < -0.4 is 27.4 Å². The third kappa shape index (κ3) is 7.79. The number of primary amides is 1. The number of nitrogens with two attached hydrogens (primary N) is 2. The zero-order valence-electron chi connectivity index (χ0n) is 23.7. The van der Waals surface area contributed by atoms with Crippen molar-refractivity contribution in [2.75, 3.05) is 6.61 Å². The first-order valence-corrected chi connectivity index (χ1v) is 14.0. The highest BCUT2D eigenvalue weighted by Gasteiger charge is 2.31. The number of hydrogen-bond donors (Lipinski definition) is 9. The number of hydrogen-bond acceptors (Lipinski definition) is 7. The van der Waals surface area contributed by atoms with Gasteiger partial charge in [0, 0.05) is 53.5 Å². The molecule has 14 heteroatoms. The van der Waals surface area contributed by atoms with Gasteiger partial charge in [0.2, 0.25) is 23.6 Å². The van der Waals surface area contributed by atoms with Gasteiger partial charge in [0.05, 0.1) is 12.6 Å². The van der Waals surface area contributed by atoms with Crippen molar-refractivity contribution in [3.8, 4) is 0 Å². The van der Waals surface area contributed by atoms with E-state index in [1.54, 1.807) is 18.5 Å². The molecule has 0 aliphatic carbocycles. The summed E-state index contributed by atoms with van der Waals surface area (Å²) in [5.41, 5.74) is 14.0. The third-order valence-corrected chi connectivity index (χ3v) is 7.30. The number of aliphatic hydroxyl groups is 1. The second kappa shape index (κ2) is 14.3. The number of aliphatic hydroxyl groups excluding tert-OH is 1. The summed E-state index contributed by atoms with van der Waals surface area (Å²) in [6, 6.07) is 9.33. The van der Waals surface area contributed by atoms with E-state index >= 15 is 0 Å². The minimum Gasteiger partial charge on any atom is -0.480 e. The molecule has 0 saturated heterocycles. The Morgan fingerprint density at radius 1 is 0.727 bits per heavy atom. The van der Waals surface area contributed by atoms with E-state index in [2.05, 4.69) is 25.9 Å². The zero-order valence-corrected chi connectivity index (χ0v) is 23.7. The number of aliphatic carboxylic acids is 1. The topological polar surface area (TPSA) is 246 Å². The number of carbonyl (C=O) groups is 5. The summed E-state index contributed by atoms with van der Waals surface area (Å²) >= 11 is 0. The number of H-pyrrole nitrogens is 2. The van der Waals surface area contributed by atoms with Crippen molar-refractivity contribution < 1.29 is 34.2 Å². The summed E-state index contributed by atoms with van der Waals surface area (Å²) in [5.74, 6) is -4.41. The first-order chi connectivity index (χ1) is 21.1. The number of fused-ring (bicyclic) bond motifs is 2. The summed E-state index contributed by atoms with van der Waals surface area (Å²) in [6.07, 6.45) is 3.09. The zero-order chi connectivity index (χ0) is 31.8. The van der Waals surface area contributed by atoms with Gasteiger partial charge in [-0.25, -0.2) is 4.79 Å². The van der Waals surface area contributed by atoms with Gasteiger partial charge in [-0.05, 0) is 29.7 Å². The fourth-order valence-electron chi connectivity index (χ4n) is 4.90. The SMILES string of the molecule is NC(=O)CC[C@H](N)C(=O)N[C@@H](Cc1c[nH]c2ccccc12)C(=O)N[C@@H](CO)C(=O)N[C@@H](Cc1c[nH]c2ccccc12)C(=O)O. The first-order valence-electron chi connectivity index (χ1n) is 14.0. The first kappa shape index (κ1) is 31.7. The maximum atomic E-state index is 13.5. The normalized spacial score (nSPS) is 14.0. The maximum Gasteiger partial charge on any atom is 0.326 e. The number of amides is 4. The Kier molecular flexibility index (Phi) is 10.3. The van der Waals surface area contributed by atoms with E-state index in [4.69, 9.17) is 11.5 Å². The summed E-state index contributed by atoms with van der Waals surface area (Å²) in [6.45, 7) is -0.844. The van der Waals surface area contributed by atoms with Crippen LogP contribution in [0.15, 0.2) is 60.9 Å². The number of para-hydroxylation sites is 2. The van der Waals surface area contributed by atoms with Gasteiger partial charge in [0.15, 0.2) is 0 Å². The van der Waals surface area contributed by atoms with E-state index in [0.717, 1.165) is 21.8 Å². The fraction of sp³-hybridized carbons (Fsp3) is 0.300. The molecule has 4 aromatic rings. The Morgan fingerprint density at radius 3 is 1.73 bits per heavy atom. The largest absolute Gasteiger partial charge is 0.480 e. The van der Waals surface area contributed by atoms with Gasteiger partial charge in [-0.15, -0.1) is 0 Å². The van der Waals surface area contributed by atoms with Gasteiger partial charge in [0.1, 0.15) is 18.1 Å². The molecule has 0 saturated carbocycles. The van der Waals surface area contributed by atoms with Gasteiger partial charge in [-0.3, -0.25) is 19.2 Å². The van der Waals surface area contributed by atoms with Crippen molar-refractivity contribution in [2.45, 2.75) is 49.9 Å². The van der Waals surface area contributed by atoms with Gasteiger partial charge >= 0.3 is 5.97 Å². The van der Waals surface area contributed by atoms with Crippen molar-refractivity contribution in [1.29, 1.82) is 0 Å². The van der Waals surface area contributed by atoms with Crippen LogP contribution in [0, 0.1) is 0 Å². The lowest BCUT2D eigenvalue weighted by Crippen LogP contribution is -2.58.